The summed E-state index contributed by atoms with van der Waals surface area (Å²) in [6, 6.07) is 0.0649. The van der Waals surface area contributed by atoms with Crippen molar-refractivity contribution >= 4 is 5.97 Å². The third-order valence-electron chi connectivity index (χ3n) is 3.12. The SMILES string of the molecule is COC(=O)C(N)CN1CCCC1C(C)C. The van der Waals surface area contributed by atoms with Crippen LogP contribution in [0.3, 0.4) is 0 Å². The number of ether oxygens (including phenoxy) is 1. The van der Waals surface area contributed by atoms with Crippen LogP contribution in [-0.2, 0) is 9.53 Å². The Balaban J connectivity index is 2.46. The van der Waals surface area contributed by atoms with E-state index in [1.807, 2.05) is 0 Å². The van der Waals surface area contributed by atoms with Crippen molar-refractivity contribution in [2.24, 2.45) is 11.7 Å². The first-order valence-electron chi connectivity index (χ1n) is 5.63. The average Bonchev–Trinajstić information content (AvgIpc) is 2.64. The van der Waals surface area contributed by atoms with Crippen LogP contribution in [-0.4, -0.2) is 43.2 Å². The number of carbonyl (C=O) groups excluding carboxylic acids is 1. The van der Waals surface area contributed by atoms with E-state index in [9.17, 15) is 4.79 Å². The van der Waals surface area contributed by atoms with Gasteiger partial charge in [-0.1, -0.05) is 13.8 Å². The predicted molar refractivity (Wildman–Crippen MR) is 59.4 cm³/mol. The summed E-state index contributed by atoms with van der Waals surface area (Å²) >= 11 is 0. The summed E-state index contributed by atoms with van der Waals surface area (Å²) in [6.07, 6.45) is 2.42. The van der Waals surface area contributed by atoms with Crippen molar-refractivity contribution in [3.63, 3.8) is 0 Å². The zero-order chi connectivity index (χ0) is 11.4. The van der Waals surface area contributed by atoms with Crippen LogP contribution in [0.4, 0.5) is 0 Å². The summed E-state index contributed by atoms with van der Waals surface area (Å²) in [5.41, 5.74) is 5.75. The molecule has 0 aromatic heterocycles. The van der Waals surface area contributed by atoms with Gasteiger partial charge in [-0.05, 0) is 25.3 Å². The number of likely N-dealkylation sites (tertiary alicyclic amines) is 1. The van der Waals surface area contributed by atoms with E-state index < -0.39 is 6.04 Å². The smallest absolute Gasteiger partial charge is 0.323 e. The molecule has 15 heavy (non-hydrogen) atoms. The molecule has 0 aromatic carbocycles. The zero-order valence-corrected chi connectivity index (χ0v) is 9.90. The first kappa shape index (κ1) is 12.5. The van der Waals surface area contributed by atoms with Crippen molar-refractivity contribution < 1.29 is 9.53 Å². The second-order valence-electron chi connectivity index (χ2n) is 4.58. The lowest BCUT2D eigenvalue weighted by Gasteiger charge is -2.28. The lowest BCUT2D eigenvalue weighted by atomic mass is 10.0. The number of nitrogens with zero attached hydrogens (tertiary/aromatic N) is 1. The molecule has 0 bridgehead atoms. The zero-order valence-electron chi connectivity index (χ0n) is 9.90. The molecule has 2 N–H and O–H groups in total. The first-order chi connectivity index (χ1) is 7.06. The highest BCUT2D eigenvalue weighted by atomic mass is 16.5. The van der Waals surface area contributed by atoms with Crippen LogP contribution in [0.15, 0.2) is 0 Å². The summed E-state index contributed by atoms with van der Waals surface area (Å²) in [5.74, 6) is 0.307. The van der Waals surface area contributed by atoms with Gasteiger partial charge in [0.2, 0.25) is 0 Å². The molecule has 2 unspecified atom stereocenters. The predicted octanol–water partition coefficient (Wildman–Crippen LogP) is 0.607. The molecule has 1 aliphatic heterocycles. The molecule has 88 valence electrons. The van der Waals surface area contributed by atoms with Gasteiger partial charge in [0.05, 0.1) is 7.11 Å². The van der Waals surface area contributed by atoms with Gasteiger partial charge < -0.3 is 10.5 Å². The number of carbonyl (C=O) groups is 1. The molecule has 1 saturated heterocycles. The molecule has 4 heteroatoms. The summed E-state index contributed by atoms with van der Waals surface area (Å²) in [7, 11) is 1.38. The van der Waals surface area contributed by atoms with Crippen molar-refractivity contribution in [2.45, 2.75) is 38.8 Å². The third-order valence-corrected chi connectivity index (χ3v) is 3.12. The highest BCUT2D eigenvalue weighted by molar-refractivity contribution is 5.75. The minimum atomic E-state index is -0.505. The molecular formula is C11H22N2O2. The molecule has 0 saturated carbocycles. The number of methoxy groups -OCH3 is 1. The van der Waals surface area contributed by atoms with Gasteiger partial charge in [-0.2, -0.15) is 0 Å². The molecule has 2 atom stereocenters. The van der Waals surface area contributed by atoms with Crippen LogP contribution >= 0.6 is 0 Å². The van der Waals surface area contributed by atoms with E-state index in [2.05, 4.69) is 23.5 Å². The Labute approximate surface area is 91.8 Å². The van der Waals surface area contributed by atoms with Crippen LogP contribution in [0.1, 0.15) is 26.7 Å². The minimum absolute atomic E-state index is 0.315. The molecule has 0 spiro atoms. The molecular weight excluding hydrogens is 192 g/mol. The first-order valence-corrected chi connectivity index (χ1v) is 5.63. The van der Waals surface area contributed by atoms with Gasteiger partial charge >= 0.3 is 5.97 Å². The van der Waals surface area contributed by atoms with E-state index in [1.165, 1.54) is 20.0 Å². The van der Waals surface area contributed by atoms with Crippen LogP contribution in [0.2, 0.25) is 0 Å². The Morgan fingerprint density at radius 2 is 2.27 bits per heavy atom. The van der Waals surface area contributed by atoms with Crippen molar-refractivity contribution in [1.29, 1.82) is 0 Å². The topological polar surface area (TPSA) is 55.6 Å². The Morgan fingerprint density at radius 1 is 1.60 bits per heavy atom. The highest BCUT2D eigenvalue weighted by Crippen LogP contribution is 2.23. The second-order valence-corrected chi connectivity index (χ2v) is 4.58. The fourth-order valence-corrected chi connectivity index (χ4v) is 2.31. The highest BCUT2D eigenvalue weighted by Gasteiger charge is 2.29. The number of nitrogens with two attached hydrogens (primary N) is 1. The van der Waals surface area contributed by atoms with Crippen molar-refractivity contribution in [3.8, 4) is 0 Å². The summed E-state index contributed by atoms with van der Waals surface area (Å²) < 4.78 is 4.63. The van der Waals surface area contributed by atoms with Crippen molar-refractivity contribution in [2.75, 3.05) is 20.2 Å². The second kappa shape index (κ2) is 5.47. The normalized spacial score (nSPS) is 24.5. The quantitative estimate of drug-likeness (QED) is 0.697. The van der Waals surface area contributed by atoms with Crippen molar-refractivity contribution in [3.05, 3.63) is 0 Å². The third kappa shape index (κ3) is 3.18. The number of hydrogen-bond acceptors (Lipinski definition) is 4. The Bertz CT molecular complexity index is 219. The van der Waals surface area contributed by atoms with Crippen molar-refractivity contribution in [1.82, 2.24) is 4.90 Å². The molecule has 1 heterocycles. The molecule has 1 rings (SSSR count). The fourth-order valence-electron chi connectivity index (χ4n) is 2.31. The lowest BCUT2D eigenvalue weighted by molar-refractivity contribution is -0.142. The van der Waals surface area contributed by atoms with Gasteiger partial charge in [0.25, 0.3) is 0 Å². The molecule has 4 nitrogen and oxygen atoms in total. The maximum atomic E-state index is 11.2. The van der Waals surface area contributed by atoms with E-state index in [4.69, 9.17) is 5.73 Å². The van der Waals surface area contributed by atoms with E-state index in [0.717, 1.165) is 6.54 Å². The monoisotopic (exact) mass is 214 g/mol. The van der Waals surface area contributed by atoms with Crippen LogP contribution in [0.25, 0.3) is 0 Å². The van der Waals surface area contributed by atoms with E-state index in [1.54, 1.807) is 0 Å². The molecule has 0 aliphatic carbocycles. The van der Waals surface area contributed by atoms with Crippen LogP contribution < -0.4 is 5.73 Å². The van der Waals surface area contributed by atoms with E-state index in [-0.39, 0.29) is 5.97 Å². The number of hydrogen-bond donors (Lipinski definition) is 1. The summed E-state index contributed by atoms with van der Waals surface area (Å²) in [5, 5.41) is 0. The van der Waals surface area contributed by atoms with Gasteiger partial charge in [-0.3, -0.25) is 9.69 Å². The molecule has 0 amide bonds. The van der Waals surface area contributed by atoms with E-state index in [0.29, 0.717) is 18.5 Å². The number of esters is 1. The maximum Gasteiger partial charge on any atom is 0.323 e. The summed E-state index contributed by atoms with van der Waals surface area (Å²) in [4.78, 5) is 13.5. The van der Waals surface area contributed by atoms with Gasteiger partial charge in [-0.15, -0.1) is 0 Å². The van der Waals surface area contributed by atoms with Gasteiger partial charge in [-0.25, -0.2) is 0 Å². The Morgan fingerprint density at radius 3 is 2.80 bits per heavy atom. The molecule has 1 aliphatic rings. The molecule has 0 radical (unpaired) electrons. The van der Waals surface area contributed by atoms with Gasteiger partial charge in [0, 0.05) is 12.6 Å². The fraction of sp³-hybridized carbons (Fsp3) is 0.909. The molecule has 1 fully saturated rings. The standard InChI is InChI=1S/C11H22N2O2/c1-8(2)10-5-4-6-13(10)7-9(12)11(14)15-3/h8-10H,4-7,12H2,1-3H3. The summed E-state index contributed by atoms with van der Waals surface area (Å²) in [6.45, 7) is 6.10. The van der Waals surface area contributed by atoms with Crippen LogP contribution in [0, 0.1) is 5.92 Å². The maximum absolute atomic E-state index is 11.2. The average molecular weight is 214 g/mol. The van der Waals surface area contributed by atoms with Gasteiger partial charge in [0.15, 0.2) is 0 Å². The lowest BCUT2D eigenvalue weighted by Crippen LogP contribution is -2.46. The van der Waals surface area contributed by atoms with Gasteiger partial charge in [0.1, 0.15) is 6.04 Å². The molecule has 0 aromatic rings. The van der Waals surface area contributed by atoms with Crippen LogP contribution in [0.5, 0.6) is 0 Å². The Kier molecular flexibility index (Phi) is 4.54. The largest absolute Gasteiger partial charge is 0.468 e. The van der Waals surface area contributed by atoms with E-state index >= 15 is 0 Å². The minimum Gasteiger partial charge on any atom is -0.468 e. The Hall–Kier alpha value is -0.610. The number of rotatable bonds is 4.